The molecule has 1 amide bonds. The van der Waals surface area contributed by atoms with Crippen molar-refractivity contribution in [2.45, 2.75) is 32.6 Å². The average Bonchev–Trinajstić information content (AvgIpc) is 1.96. The number of primary amides is 1. The fourth-order valence-electron chi connectivity index (χ4n) is 0.997. The van der Waals surface area contributed by atoms with Crippen molar-refractivity contribution in [3.8, 4) is 0 Å². The van der Waals surface area contributed by atoms with E-state index in [-0.39, 0.29) is 6.42 Å². The average molecular weight is 172 g/mol. The molecule has 4 heteroatoms. The predicted octanol–water partition coefficient (Wildman–Crippen LogP) is -0.582. The highest BCUT2D eigenvalue weighted by atomic mass is 16.4. The Hall–Kier alpha value is -1.06. The SMILES string of the molecule is CCCCC(CC(N)=O)C(=O)[O-]. The Morgan fingerprint density at radius 2 is 2.08 bits per heavy atom. The number of carboxylic acid groups (broad SMARTS) is 1. The number of amides is 1. The van der Waals surface area contributed by atoms with E-state index < -0.39 is 17.8 Å². The zero-order chi connectivity index (χ0) is 9.56. The molecule has 0 aromatic rings. The van der Waals surface area contributed by atoms with Gasteiger partial charge in [-0.15, -0.1) is 0 Å². The molecule has 1 unspecified atom stereocenters. The minimum absolute atomic E-state index is 0.109. The van der Waals surface area contributed by atoms with Crippen LogP contribution >= 0.6 is 0 Å². The van der Waals surface area contributed by atoms with E-state index >= 15 is 0 Å². The summed E-state index contributed by atoms with van der Waals surface area (Å²) in [5, 5.41) is 10.4. The number of carbonyl (C=O) groups excluding carboxylic acids is 2. The Balaban J connectivity index is 3.87. The maximum atomic E-state index is 10.4. The lowest BCUT2D eigenvalue weighted by Crippen LogP contribution is -2.34. The summed E-state index contributed by atoms with van der Waals surface area (Å²) < 4.78 is 0. The normalized spacial score (nSPS) is 12.4. The number of nitrogens with two attached hydrogens (primary N) is 1. The fraction of sp³-hybridized carbons (Fsp3) is 0.750. The largest absolute Gasteiger partial charge is 0.550 e. The Morgan fingerprint density at radius 3 is 2.42 bits per heavy atom. The van der Waals surface area contributed by atoms with Crippen LogP contribution in [0.2, 0.25) is 0 Å². The van der Waals surface area contributed by atoms with Crippen molar-refractivity contribution in [2.75, 3.05) is 0 Å². The first-order valence-corrected chi connectivity index (χ1v) is 4.07. The summed E-state index contributed by atoms with van der Waals surface area (Å²) in [7, 11) is 0. The molecule has 0 bridgehead atoms. The Bertz CT molecular complexity index is 168. The molecule has 0 aliphatic rings. The van der Waals surface area contributed by atoms with Crippen molar-refractivity contribution < 1.29 is 14.7 Å². The summed E-state index contributed by atoms with van der Waals surface area (Å²) in [5.74, 6) is -2.47. The lowest BCUT2D eigenvalue weighted by Gasteiger charge is -2.15. The van der Waals surface area contributed by atoms with Crippen molar-refractivity contribution in [3.05, 3.63) is 0 Å². The second-order valence-electron chi connectivity index (χ2n) is 2.83. The second-order valence-corrected chi connectivity index (χ2v) is 2.83. The number of carboxylic acids is 1. The van der Waals surface area contributed by atoms with Crippen molar-refractivity contribution in [2.24, 2.45) is 11.7 Å². The molecule has 0 heterocycles. The van der Waals surface area contributed by atoms with Crippen molar-refractivity contribution in [3.63, 3.8) is 0 Å². The van der Waals surface area contributed by atoms with Gasteiger partial charge >= 0.3 is 0 Å². The molecule has 0 saturated heterocycles. The van der Waals surface area contributed by atoms with E-state index in [2.05, 4.69) is 0 Å². The van der Waals surface area contributed by atoms with Crippen molar-refractivity contribution in [1.29, 1.82) is 0 Å². The summed E-state index contributed by atoms with van der Waals surface area (Å²) in [6.07, 6.45) is 2.05. The third-order valence-corrected chi connectivity index (χ3v) is 1.69. The number of unbranched alkanes of at least 4 members (excludes halogenated alkanes) is 1. The van der Waals surface area contributed by atoms with E-state index in [9.17, 15) is 14.7 Å². The third kappa shape index (κ3) is 4.71. The summed E-state index contributed by atoms with van der Waals surface area (Å²) in [5.41, 5.74) is 4.87. The van der Waals surface area contributed by atoms with Gasteiger partial charge in [-0.05, 0) is 6.42 Å². The Kier molecular flexibility index (Phi) is 5.08. The highest BCUT2D eigenvalue weighted by molar-refractivity contribution is 5.80. The van der Waals surface area contributed by atoms with Crippen LogP contribution in [0.1, 0.15) is 32.6 Å². The van der Waals surface area contributed by atoms with Crippen LogP contribution in [0.3, 0.4) is 0 Å². The molecule has 0 spiro atoms. The van der Waals surface area contributed by atoms with Crippen molar-refractivity contribution in [1.82, 2.24) is 0 Å². The highest BCUT2D eigenvalue weighted by Gasteiger charge is 2.11. The molecule has 70 valence electrons. The van der Waals surface area contributed by atoms with Crippen LogP contribution in [0.25, 0.3) is 0 Å². The van der Waals surface area contributed by atoms with Crippen LogP contribution in [-0.2, 0) is 9.59 Å². The third-order valence-electron chi connectivity index (χ3n) is 1.69. The standard InChI is InChI=1S/C8H15NO3/c1-2-3-4-6(8(11)12)5-7(9)10/h6H,2-5H2,1H3,(H2,9,10)(H,11,12)/p-1. The summed E-state index contributed by atoms with van der Waals surface area (Å²) in [4.78, 5) is 20.8. The number of hydrogen-bond donors (Lipinski definition) is 1. The van der Waals surface area contributed by atoms with Gasteiger partial charge in [0.15, 0.2) is 0 Å². The predicted molar refractivity (Wildman–Crippen MR) is 41.8 cm³/mol. The Morgan fingerprint density at radius 1 is 1.50 bits per heavy atom. The van der Waals surface area contributed by atoms with Crippen LogP contribution < -0.4 is 10.8 Å². The molecule has 0 aliphatic carbocycles. The smallest absolute Gasteiger partial charge is 0.218 e. The maximum Gasteiger partial charge on any atom is 0.218 e. The molecule has 0 rings (SSSR count). The molecule has 12 heavy (non-hydrogen) atoms. The first-order valence-electron chi connectivity index (χ1n) is 4.07. The first-order chi connectivity index (χ1) is 5.57. The minimum Gasteiger partial charge on any atom is -0.550 e. The molecule has 1 atom stereocenters. The van der Waals surface area contributed by atoms with E-state index in [1.807, 2.05) is 6.92 Å². The van der Waals surface area contributed by atoms with Crippen LogP contribution in [-0.4, -0.2) is 11.9 Å². The number of hydrogen-bond acceptors (Lipinski definition) is 3. The van der Waals surface area contributed by atoms with Gasteiger partial charge in [-0.25, -0.2) is 0 Å². The molecule has 0 radical (unpaired) electrons. The second kappa shape index (κ2) is 5.57. The molecule has 0 fully saturated rings. The summed E-state index contributed by atoms with van der Waals surface area (Å²) >= 11 is 0. The quantitative estimate of drug-likeness (QED) is 0.581. The maximum absolute atomic E-state index is 10.4. The topological polar surface area (TPSA) is 83.2 Å². The van der Waals surface area contributed by atoms with Gasteiger partial charge < -0.3 is 15.6 Å². The van der Waals surface area contributed by atoms with Gasteiger partial charge in [0, 0.05) is 18.3 Å². The molecule has 0 aromatic carbocycles. The Labute approximate surface area is 71.8 Å². The van der Waals surface area contributed by atoms with Gasteiger partial charge in [0.05, 0.1) is 0 Å². The van der Waals surface area contributed by atoms with Gasteiger partial charge in [0.2, 0.25) is 5.91 Å². The fourth-order valence-corrected chi connectivity index (χ4v) is 0.997. The first kappa shape index (κ1) is 10.9. The van der Waals surface area contributed by atoms with Gasteiger partial charge in [-0.3, -0.25) is 4.79 Å². The van der Waals surface area contributed by atoms with E-state index in [0.29, 0.717) is 6.42 Å². The van der Waals surface area contributed by atoms with Gasteiger partial charge in [0.25, 0.3) is 0 Å². The molecular weight excluding hydrogens is 158 g/mol. The van der Waals surface area contributed by atoms with Gasteiger partial charge in [-0.1, -0.05) is 19.8 Å². The number of aliphatic carboxylic acids is 1. The summed E-state index contributed by atoms with van der Waals surface area (Å²) in [6, 6.07) is 0. The molecule has 0 saturated carbocycles. The summed E-state index contributed by atoms with van der Waals surface area (Å²) in [6.45, 7) is 1.95. The lowest BCUT2D eigenvalue weighted by atomic mass is 9.98. The molecule has 0 aromatic heterocycles. The number of rotatable bonds is 6. The molecule has 2 N–H and O–H groups in total. The van der Waals surface area contributed by atoms with E-state index in [1.165, 1.54) is 0 Å². The van der Waals surface area contributed by atoms with Gasteiger partial charge in [-0.2, -0.15) is 0 Å². The van der Waals surface area contributed by atoms with E-state index in [0.717, 1.165) is 12.8 Å². The van der Waals surface area contributed by atoms with Gasteiger partial charge in [0.1, 0.15) is 0 Å². The zero-order valence-corrected chi connectivity index (χ0v) is 7.21. The number of carbonyl (C=O) groups is 2. The van der Waals surface area contributed by atoms with Crippen molar-refractivity contribution >= 4 is 11.9 Å². The van der Waals surface area contributed by atoms with E-state index in [1.54, 1.807) is 0 Å². The minimum atomic E-state index is -1.18. The van der Waals surface area contributed by atoms with Crippen LogP contribution in [0.5, 0.6) is 0 Å². The molecule has 4 nitrogen and oxygen atoms in total. The molecular formula is C8H14NO3-. The zero-order valence-electron chi connectivity index (χ0n) is 7.21. The monoisotopic (exact) mass is 172 g/mol. The highest BCUT2D eigenvalue weighted by Crippen LogP contribution is 2.11. The lowest BCUT2D eigenvalue weighted by molar-refractivity contribution is -0.311. The van der Waals surface area contributed by atoms with Crippen LogP contribution in [0.15, 0.2) is 0 Å². The van der Waals surface area contributed by atoms with Crippen LogP contribution in [0, 0.1) is 5.92 Å². The van der Waals surface area contributed by atoms with E-state index in [4.69, 9.17) is 5.73 Å². The molecule has 0 aliphatic heterocycles. The van der Waals surface area contributed by atoms with Crippen LogP contribution in [0.4, 0.5) is 0 Å².